The number of carbonyl (C=O) groups is 1. The van der Waals surface area contributed by atoms with E-state index in [1.807, 2.05) is 0 Å². The molecule has 0 aliphatic carbocycles. The minimum Gasteiger partial charge on any atom is -0.299 e. The van der Waals surface area contributed by atoms with Gasteiger partial charge in [0, 0.05) is 6.42 Å². The lowest BCUT2D eigenvalue weighted by Gasteiger charge is -2.02. The predicted octanol–water partition coefficient (Wildman–Crippen LogP) is 4.53. The summed E-state index contributed by atoms with van der Waals surface area (Å²) in [5.74, 6) is 0.328. The minimum atomic E-state index is 0.328. The summed E-state index contributed by atoms with van der Waals surface area (Å²) in [6.07, 6.45) is 7.95. The van der Waals surface area contributed by atoms with E-state index in [-0.39, 0.29) is 0 Å². The third-order valence-corrected chi connectivity index (χ3v) is 3.54. The normalized spacial score (nSPS) is 10.4. The number of alkyl halides is 1. The molecular formula is C15H21BrO. The third kappa shape index (κ3) is 7.32. The molecule has 1 aromatic rings. The molecule has 0 aliphatic rings. The molecule has 0 N–H and O–H groups in total. The van der Waals surface area contributed by atoms with Crippen molar-refractivity contribution in [2.45, 2.75) is 44.9 Å². The van der Waals surface area contributed by atoms with Crippen molar-refractivity contribution in [2.24, 2.45) is 0 Å². The first-order chi connectivity index (χ1) is 8.33. The van der Waals surface area contributed by atoms with Gasteiger partial charge in [0.2, 0.25) is 0 Å². The second-order valence-electron chi connectivity index (χ2n) is 4.43. The van der Waals surface area contributed by atoms with Gasteiger partial charge < -0.3 is 0 Å². The summed E-state index contributed by atoms with van der Waals surface area (Å²) in [5, 5.41) is 0.515. The number of hydrogen-bond donors (Lipinski definition) is 0. The molecule has 0 amide bonds. The van der Waals surface area contributed by atoms with Crippen LogP contribution in [0, 0.1) is 0 Å². The second-order valence-corrected chi connectivity index (χ2v) is 4.99. The number of unbranched alkanes of at least 4 members (excludes halogenated alkanes) is 4. The maximum absolute atomic E-state index is 11.0. The summed E-state index contributed by atoms with van der Waals surface area (Å²) >= 11 is 3.19. The number of ketones is 1. The van der Waals surface area contributed by atoms with Gasteiger partial charge in [-0.2, -0.15) is 0 Å². The molecular weight excluding hydrogens is 276 g/mol. The van der Waals surface area contributed by atoms with Gasteiger partial charge in [0.25, 0.3) is 0 Å². The van der Waals surface area contributed by atoms with Crippen LogP contribution in [-0.2, 0) is 11.2 Å². The zero-order valence-corrected chi connectivity index (χ0v) is 11.9. The van der Waals surface area contributed by atoms with Crippen molar-refractivity contribution in [1.29, 1.82) is 0 Å². The Morgan fingerprint density at radius 1 is 0.941 bits per heavy atom. The van der Waals surface area contributed by atoms with Crippen molar-refractivity contribution in [1.82, 2.24) is 0 Å². The number of carbonyl (C=O) groups excluding carboxylic acids is 1. The Labute approximate surface area is 113 Å². The summed E-state index contributed by atoms with van der Waals surface area (Å²) in [7, 11) is 0. The largest absolute Gasteiger partial charge is 0.299 e. The lowest BCUT2D eigenvalue weighted by molar-refractivity contribution is -0.116. The first-order valence-electron chi connectivity index (χ1n) is 6.44. The lowest BCUT2D eigenvalue weighted by Crippen LogP contribution is -1.97. The molecule has 0 saturated heterocycles. The van der Waals surface area contributed by atoms with Crippen LogP contribution in [0.1, 0.15) is 44.1 Å². The van der Waals surface area contributed by atoms with Gasteiger partial charge in [0.1, 0.15) is 5.78 Å². The van der Waals surface area contributed by atoms with Crippen LogP contribution in [0.5, 0.6) is 0 Å². The fraction of sp³-hybridized carbons (Fsp3) is 0.533. The molecule has 0 aliphatic heterocycles. The molecule has 1 rings (SSSR count). The molecule has 0 spiro atoms. The summed E-state index contributed by atoms with van der Waals surface area (Å²) in [6, 6.07) is 10.6. The fourth-order valence-electron chi connectivity index (χ4n) is 1.89. The fourth-order valence-corrected chi connectivity index (χ4v) is 2.17. The van der Waals surface area contributed by atoms with Crippen LogP contribution in [-0.4, -0.2) is 11.1 Å². The predicted molar refractivity (Wildman–Crippen MR) is 76.6 cm³/mol. The molecule has 0 fully saturated rings. The van der Waals surface area contributed by atoms with Crippen LogP contribution in [0.25, 0.3) is 0 Å². The van der Waals surface area contributed by atoms with Gasteiger partial charge in [0.15, 0.2) is 0 Å². The van der Waals surface area contributed by atoms with Gasteiger partial charge in [-0.05, 0) is 24.8 Å². The first-order valence-corrected chi connectivity index (χ1v) is 7.56. The zero-order valence-electron chi connectivity index (χ0n) is 10.3. The number of halogens is 1. The van der Waals surface area contributed by atoms with Crippen molar-refractivity contribution in [3.05, 3.63) is 35.9 Å². The Hall–Kier alpha value is -0.630. The molecule has 0 bridgehead atoms. The summed E-state index contributed by atoms with van der Waals surface area (Å²) in [5.41, 5.74) is 1.43. The molecule has 0 unspecified atom stereocenters. The van der Waals surface area contributed by atoms with Gasteiger partial charge in [-0.25, -0.2) is 0 Å². The Morgan fingerprint density at radius 3 is 2.29 bits per heavy atom. The molecule has 0 radical (unpaired) electrons. The van der Waals surface area contributed by atoms with E-state index in [2.05, 4.69) is 46.3 Å². The van der Waals surface area contributed by atoms with E-state index < -0.39 is 0 Å². The van der Waals surface area contributed by atoms with E-state index in [4.69, 9.17) is 0 Å². The van der Waals surface area contributed by atoms with Gasteiger partial charge in [-0.3, -0.25) is 4.79 Å². The number of Topliss-reactive ketones (excluding diaryl/α,β-unsaturated/α-hetero) is 1. The van der Waals surface area contributed by atoms with E-state index >= 15 is 0 Å². The number of benzene rings is 1. The Kier molecular flexibility index (Phi) is 7.98. The molecule has 17 heavy (non-hydrogen) atoms. The van der Waals surface area contributed by atoms with E-state index in [0.717, 1.165) is 12.8 Å². The lowest BCUT2D eigenvalue weighted by atomic mass is 10.0. The monoisotopic (exact) mass is 296 g/mol. The van der Waals surface area contributed by atoms with Crippen molar-refractivity contribution in [2.75, 3.05) is 5.33 Å². The van der Waals surface area contributed by atoms with Gasteiger partial charge in [-0.15, -0.1) is 0 Å². The SMILES string of the molecule is O=C(CBr)CCCCCCCc1ccccc1. The van der Waals surface area contributed by atoms with Crippen LogP contribution in [0.3, 0.4) is 0 Å². The van der Waals surface area contributed by atoms with E-state index in [9.17, 15) is 4.79 Å². The summed E-state index contributed by atoms with van der Waals surface area (Å²) < 4.78 is 0. The van der Waals surface area contributed by atoms with Crippen LogP contribution >= 0.6 is 15.9 Å². The standard InChI is InChI=1S/C15H21BrO/c16-13-15(17)12-8-3-1-2-5-9-14-10-6-4-7-11-14/h4,6-7,10-11H,1-3,5,8-9,12-13H2. The van der Waals surface area contributed by atoms with Crippen molar-refractivity contribution < 1.29 is 4.79 Å². The van der Waals surface area contributed by atoms with Crippen LogP contribution in [0.2, 0.25) is 0 Å². The Balaban J connectivity index is 1.93. The third-order valence-electron chi connectivity index (χ3n) is 2.91. The molecule has 94 valence electrons. The minimum absolute atomic E-state index is 0.328. The van der Waals surface area contributed by atoms with Crippen molar-refractivity contribution >= 4 is 21.7 Å². The Bertz CT molecular complexity index is 308. The molecule has 0 saturated carbocycles. The smallest absolute Gasteiger partial charge is 0.143 e. The quantitative estimate of drug-likeness (QED) is 0.483. The van der Waals surface area contributed by atoms with E-state index in [1.165, 1.54) is 37.7 Å². The highest BCUT2D eigenvalue weighted by atomic mass is 79.9. The van der Waals surface area contributed by atoms with Crippen molar-refractivity contribution in [3.8, 4) is 0 Å². The molecule has 1 nitrogen and oxygen atoms in total. The van der Waals surface area contributed by atoms with Gasteiger partial charge in [0.05, 0.1) is 5.33 Å². The van der Waals surface area contributed by atoms with Crippen LogP contribution in [0.15, 0.2) is 30.3 Å². The highest BCUT2D eigenvalue weighted by Gasteiger charge is 1.98. The molecule has 0 heterocycles. The Morgan fingerprint density at radius 2 is 1.59 bits per heavy atom. The first kappa shape index (κ1) is 14.4. The molecule has 2 heteroatoms. The van der Waals surface area contributed by atoms with Crippen LogP contribution < -0.4 is 0 Å². The molecule has 0 atom stereocenters. The highest BCUT2D eigenvalue weighted by Crippen LogP contribution is 2.10. The van der Waals surface area contributed by atoms with Crippen LogP contribution in [0.4, 0.5) is 0 Å². The molecule has 0 aromatic heterocycles. The number of hydrogen-bond acceptors (Lipinski definition) is 1. The maximum atomic E-state index is 11.0. The van der Waals surface area contributed by atoms with Gasteiger partial charge >= 0.3 is 0 Å². The number of rotatable bonds is 9. The summed E-state index contributed by atoms with van der Waals surface area (Å²) in [4.78, 5) is 11.0. The highest BCUT2D eigenvalue weighted by molar-refractivity contribution is 9.09. The average Bonchev–Trinajstić information content (AvgIpc) is 2.38. The zero-order chi connectivity index (χ0) is 12.3. The topological polar surface area (TPSA) is 17.1 Å². The van der Waals surface area contributed by atoms with Crippen molar-refractivity contribution in [3.63, 3.8) is 0 Å². The maximum Gasteiger partial charge on any atom is 0.143 e. The molecule has 1 aromatic carbocycles. The van der Waals surface area contributed by atoms with Gasteiger partial charge in [-0.1, -0.05) is 65.5 Å². The summed E-state index contributed by atoms with van der Waals surface area (Å²) in [6.45, 7) is 0. The second kappa shape index (κ2) is 9.41. The van der Waals surface area contributed by atoms with E-state index in [1.54, 1.807) is 0 Å². The van der Waals surface area contributed by atoms with E-state index in [0.29, 0.717) is 11.1 Å². The number of aryl methyl sites for hydroxylation is 1. The average molecular weight is 297 g/mol.